The summed E-state index contributed by atoms with van der Waals surface area (Å²) in [7, 11) is 0. The van der Waals surface area contributed by atoms with Gasteiger partial charge in [-0.2, -0.15) is 0 Å². The third kappa shape index (κ3) is 4.58. The van der Waals surface area contributed by atoms with Gasteiger partial charge in [-0.1, -0.05) is 34.1 Å². The van der Waals surface area contributed by atoms with Crippen LogP contribution in [0.5, 0.6) is 0 Å². The number of benzene rings is 2. The Kier molecular flexibility index (Phi) is 5.53. The van der Waals surface area contributed by atoms with Gasteiger partial charge in [0.2, 0.25) is 0 Å². The summed E-state index contributed by atoms with van der Waals surface area (Å²) in [6.45, 7) is 2.93. The normalized spacial score (nSPS) is 18.3. The van der Waals surface area contributed by atoms with Crippen molar-refractivity contribution in [3.8, 4) is 0 Å². The van der Waals surface area contributed by atoms with E-state index < -0.39 is 5.97 Å². The van der Waals surface area contributed by atoms with E-state index in [1.807, 2.05) is 24.3 Å². The molecule has 0 aromatic heterocycles. The molecular formula is C19H21BrN2O2. The number of likely N-dealkylation sites (tertiary alicyclic amines) is 1. The van der Waals surface area contributed by atoms with Gasteiger partial charge >= 0.3 is 5.97 Å². The van der Waals surface area contributed by atoms with E-state index in [2.05, 4.69) is 38.3 Å². The molecule has 126 valence electrons. The van der Waals surface area contributed by atoms with Crippen molar-refractivity contribution in [2.24, 2.45) is 0 Å². The van der Waals surface area contributed by atoms with Gasteiger partial charge in [-0.3, -0.25) is 4.90 Å². The van der Waals surface area contributed by atoms with Crippen LogP contribution in [0.2, 0.25) is 0 Å². The number of anilines is 1. The molecule has 4 nitrogen and oxygen atoms in total. The third-order valence-electron chi connectivity index (χ3n) is 4.31. The summed E-state index contributed by atoms with van der Waals surface area (Å²) in [5, 5.41) is 12.6. The molecule has 1 unspecified atom stereocenters. The Balaban J connectivity index is 1.58. The quantitative estimate of drug-likeness (QED) is 0.804. The zero-order valence-corrected chi connectivity index (χ0v) is 15.0. The highest BCUT2D eigenvalue weighted by atomic mass is 79.9. The van der Waals surface area contributed by atoms with Crippen molar-refractivity contribution in [3.05, 3.63) is 64.1 Å². The molecule has 2 aromatic rings. The van der Waals surface area contributed by atoms with Crippen molar-refractivity contribution in [1.29, 1.82) is 0 Å². The van der Waals surface area contributed by atoms with Crippen LogP contribution in [0, 0.1) is 0 Å². The number of carbonyl (C=O) groups is 1. The first-order chi connectivity index (χ1) is 11.6. The highest BCUT2D eigenvalue weighted by Crippen LogP contribution is 2.20. The van der Waals surface area contributed by atoms with Gasteiger partial charge in [0, 0.05) is 29.3 Å². The summed E-state index contributed by atoms with van der Waals surface area (Å²) >= 11 is 3.51. The monoisotopic (exact) mass is 388 g/mol. The van der Waals surface area contributed by atoms with Crippen LogP contribution < -0.4 is 5.32 Å². The maximum absolute atomic E-state index is 10.9. The van der Waals surface area contributed by atoms with Crippen molar-refractivity contribution in [2.75, 3.05) is 18.4 Å². The molecule has 5 heteroatoms. The fourth-order valence-corrected chi connectivity index (χ4v) is 3.54. The Morgan fingerprint density at radius 2 is 2.04 bits per heavy atom. The average Bonchev–Trinajstić information content (AvgIpc) is 2.56. The molecule has 1 aliphatic rings. The summed E-state index contributed by atoms with van der Waals surface area (Å²) in [4.78, 5) is 13.3. The van der Waals surface area contributed by atoms with Crippen molar-refractivity contribution < 1.29 is 9.90 Å². The molecule has 0 spiro atoms. The second-order valence-corrected chi connectivity index (χ2v) is 7.15. The average molecular weight is 389 g/mol. The van der Waals surface area contributed by atoms with E-state index in [1.54, 1.807) is 12.1 Å². The Labute approximate surface area is 150 Å². The van der Waals surface area contributed by atoms with Gasteiger partial charge in [0.15, 0.2) is 0 Å². The van der Waals surface area contributed by atoms with Crippen LogP contribution in [-0.4, -0.2) is 35.1 Å². The zero-order valence-electron chi connectivity index (χ0n) is 13.4. The molecule has 0 amide bonds. The number of rotatable bonds is 5. The lowest BCUT2D eigenvalue weighted by molar-refractivity contribution is 0.0697. The van der Waals surface area contributed by atoms with Crippen LogP contribution >= 0.6 is 15.9 Å². The highest BCUT2D eigenvalue weighted by Gasteiger charge is 2.20. The molecule has 1 aliphatic heterocycles. The lowest BCUT2D eigenvalue weighted by Gasteiger charge is -2.33. The van der Waals surface area contributed by atoms with Crippen molar-refractivity contribution in [2.45, 2.75) is 25.4 Å². The van der Waals surface area contributed by atoms with Gasteiger partial charge in [0.25, 0.3) is 0 Å². The lowest BCUT2D eigenvalue weighted by Crippen LogP contribution is -2.41. The van der Waals surface area contributed by atoms with Crippen molar-refractivity contribution in [1.82, 2.24) is 4.90 Å². The zero-order chi connectivity index (χ0) is 16.9. The molecule has 1 atom stereocenters. The topological polar surface area (TPSA) is 52.6 Å². The highest BCUT2D eigenvalue weighted by molar-refractivity contribution is 9.10. The van der Waals surface area contributed by atoms with E-state index in [1.165, 1.54) is 12.8 Å². The van der Waals surface area contributed by atoms with E-state index in [-0.39, 0.29) is 0 Å². The van der Waals surface area contributed by atoms with Crippen LogP contribution in [0.1, 0.15) is 28.8 Å². The second-order valence-electron chi connectivity index (χ2n) is 6.23. The summed E-state index contributed by atoms with van der Waals surface area (Å²) in [6, 6.07) is 15.9. The fourth-order valence-electron chi connectivity index (χ4n) is 3.14. The predicted molar refractivity (Wildman–Crippen MR) is 99.5 cm³/mol. The largest absolute Gasteiger partial charge is 0.478 e. The minimum absolute atomic E-state index is 0.339. The molecule has 24 heavy (non-hydrogen) atoms. The number of aromatic carboxylic acids is 1. The summed E-state index contributed by atoms with van der Waals surface area (Å²) in [5.74, 6) is -0.877. The lowest BCUT2D eigenvalue weighted by atomic mass is 10.0. The van der Waals surface area contributed by atoms with Crippen LogP contribution in [0.15, 0.2) is 53.0 Å². The van der Waals surface area contributed by atoms with Gasteiger partial charge < -0.3 is 10.4 Å². The van der Waals surface area contributed by atoms with Gasteiger partial charge in [0.05, 0.1) is 5.56 Å². The number of hydrogen-bond acceptors (Lipinski definition) is 3. The molecule has 0 aliphatic carbocycles. The first-order valence-electron chi connectivity index (χ1n) is 8.17. The number of piperidine rings is 1. The Hall–Kier alpha value is -1.85. The van der Waals surface area contributed by atoms with Crippen LogP contribution in [-0.2, 0) is 6.54 Å². The Morgan fingerprint density at radius 3 is 2.75 bits per heavy atom. The standard InChI is InChI=1S/C19H21BrN2O2/c20-16-3-1-4-17(11-16)21-18-5-2-10-22(13-18)12-14-6-8-15(9-7-14)19(23)24/h1,3-4,6-9,11,18,21H,2,5,10,12-13H2,(H,23,24). The van der Waals surface area contributed by atoms with Gasteiger partial charge in [0.1, 0.15) is 0 Å². The molecule has 0 saturated carbocycles. The maximum atomic E-state index is 10.9. The van der Waals surface area contributed by atoms with E-state index in [4.69, 9.17) is 5.11 Å². The Bertz CT molecular complexity index is 703. The fraction of sp³-hybridized carbons (Fsp3) is 0.316. The molecule has 2 N–H and O–H groups in total. The van der Waals surface area contributed by atoms with E-state index in [9.17, 15) is 4.79 Å². The molecule has 0 bridgehead atoms. The maximum Gasteiger partial charge on any atom is 0.335 e. The summed E-state index contributed by atoms with van der Waals surface area (Å²) in [5.41, 5.74) is 2.64. The smallest absolute Gasteiger partial charge is 0.335 e. The van der Waals surface area contributed by atoms with Gasteiger partial charge in [-0.15, -0.1) is 0 Å². The van der Waals surface area contributed by atoms with Crippen LogP contribution in [0.4, 0.5) is 5.69 Å². The number of nitrogens with zero attached hydrogens (tertiary/aromatic N) is 1. The predicted octanol–water partition coefficient (Wildman–Crippen LogP) is 4.22. The van der Waals surface area contributed by atoms with E-state index in [0.29, 0.717) is 11.6 Å². The number of nitrogens with one attached hydrogen (secondary N) is 1. The molecular weight excluding hydrogens is 368 g/mol. The molecule has 2 aromatic carbocycles. The summed E-state index contributed by atoms with van der Waals surface area (Å²) < 4.78 is 1.08. The van der Waals surface area contributed by atoms with Gasteiger partial charge in [-0.25, -0.2) is 4.79 Å². The Morgan fingerprint density at radius 1 is 1.25 bits per heavy atom. The number of carboxylic acids is 1. The minimum atomic E-state index is -0.877. The summed E-state index contributed by atoms with van der Waals surface area (Å²) in [6.07, 6.45) is 2.33. The van der Waals surface area contributed by atoms with E-state index >= 15 is 0 Å². The SMILES string of the molecule is O=C(O)c1ccc(CN2CCCC(Nc3cccc(Br)c3)C2)cc1. The van der Waals surface area contributed by atoms with E-state index in [0.717, 1.165) is 35.4 Å². The molecule has 0 radical (unpaired) electrons. The molecule has 3 rings (SSSR count). The van der Waals surface area contributed by atoms with Crippen LogP contribution in [0.25, 0.3) is 0 Å². The molecule has 1 heterocycles. The van der Waals surface area contributed by atoms with Crippen molar-refractivity contribution >= 4 is 27.6 Å². The number of hydrogen-bond donors (Lipinski definition) is 2. The first-order valence-corrected chi connectivity index (χ1v) is 8.96. The van der Waals surface area contributed by atoms with Gasteiger partial charge in [-0.05, 0) is 55.3 Å². The minimum Gasteiger partial charge on any atom is -0.478 e. The van der Waals surface area contributed by atoms with Crippen molar-refractivity contribution in [3.63, 3.8) is 0 Å². The number of carboxylic acid groups (broad SMARTS) is 1. The molecule has 1 saturated heterocycles. The number of halogens is 1. The third-order valence-corrected chi connectivity index (χ3v) is 4.80. The first kappa shape index (κ1) is 17.0. The molecule has 1 fully saturated rings. The van der Waals surface area contributed by atoms with Crippen LogP contribution in [0.3, 0.4) is 0 Å². The second kappa shape index (κ2) is 7.81.